The van der Waals surface area contributed by atoms with E-state index in [1.807, 2.05) is 60.7 Å². The second kappa shape index (κ2) is 16.4. The number of guanidine groups is 1. The number of aliphatic imine (C=N–C) groups is 1. The molecule has 0 aliphatic carbocycles. The van der Waals surface area contributed by atoms with Gasteiger partial charge in [0.25, 0.3) is 0 Å². The molecule has 0 spiro atoms. The molecule has 11 N–H and O–H groups in total. The van der Waals surface area contributed by atoms with Crippen LogP contribution in [0.3, 0.4) is 0 Å². The van der Waals surface area contributed by atoms with Gasteiger partial charge in [0.1, 0.15) is 12.1 Å². The van der Waals surface area contributed by atoms with Crippen LogP contribution in [0.25, 0.3) is 0 Å². The molecule has 12 heteroatoms. The Kier molecular flexibility index (Phi) is 12.9. The van der Waals surface area contributed by atoms with Crippen LogP contribution < -0.4 is 38.9 Å². The first kappa shape index (κ1) is 30.8. The summed E-state index contributed by atoms with van der Waals surface area (Å²) in [6.07, 6.45) is 1.03. The maximum absolute atomic E-state index is 13.4. The van der Waals surface area contributed by atoms with E-state index in [4.69, 9.17) is 22.9 Å². The van der Waals surface area contributed by atoms with Gasteiger partial charge in [-0.3, -0.25) is 24.2 Å². The molecule has 210 valence electrons. The molecule has 0 aromatic heterocycles. The SMILES string of the molecule is NC(=O)CCNC(=O)[C@H](Cc1ccccc1)NC(=O)[C@@H](CCCN=C(N)N)NC(=O)[C@@H](N)Cc1ccccc1. The molecule has 0 saturated heterocycles. The van der Waals surface area contributed by atoms with Gasteiger partial charge >= 0.3 is 0 Å². The first-order valence-electron chi connectivity index (χ1n) is 12.7. The summed E-state index contributed by atoms with van der Waals surface area (Å²) in [6, 6.07) is 15.6. The van der Waals surface area contributed by atoms with Crippen molar-refractivity contribution in [3.05, 3.63) is 71.8 Å². The zero-order chi connectivity index (χ0) is 28.6. The van der Waals surface area contributed by atoms with Crippen LogP contribution in [0, 0.1) is 0 Å². The van der Waals surface area contributed by atoms with E-state index in [9.17, 15) is 19.2 Å². The normalized spacial score (nSPS) is 12.8. The van der Waals surface area contributed by atoms with Gasteiger partial charge in [0.2, 0.25) is 23.6 Å². The molecular weight excluding hydrogens is 500 g/mol. The van der Waals surface area contributed by atoms with E-state index in [2.05, 4.69) is 20.9 Å². The molecule has 0 unspecified atom stereocenters. The number of nitrogens with two attached hydrogens (primary N) is 4. The predicted molar refractivity (Wildman–Crippen MR) is 149 cm³/mol. The molecule has 2 aromatic carbocycles. The van der Waals surface area contributed by atoms with Gasteiger partial charge in [-0.25, -0.2) is 0 Å². The second-order valence-corrected chi connectivity index (χ2v) is 9.06. The molecule has 0 fully saturated rings. The topological polar surface area (TPSA) is 221 Å². The van der Waals surface area contributed by atoms with E-state index in [-0.39, 0.29) is 44.7 Å². The highest BCUT2D eigenvalue weighted by Gasteiger charge is 2.28. The predicted octanol–water partition coefficient (Wildman–Crippen LogP) is -1.19. The number of benzene rings is 2. The fourth-order valence-corrected chi connectivity index (χ4v) is 3.78. The number of nitrogens with zero attached hydrogens (tertiary/aromatic N) is 1. The van der Waals surface area contributed by atoms with Crippen LogP contribution in [0.5, 0.6) is 0 Å². The van der Waals surface area contributed by atoms with Gasteiger partial charge < -0.3 is 38.9 Å². The summed E-state index contributed by atoms with van der Waals surface area (Å²) < 4.78 is 0. The molecule has 2 rings (SSSR count). The smallest absolute Gasteiger partial charge is 0.243 e. The number of carbonyl (C=O) groups is 4. The lowest BCUT2D eigenvalue weighted by atomic mass is 10.0. The quantitative estimate of drug-likeness (QED) is 0.0786. The molecule has 4 amide bonds. The summed E-state index contributed by atoms with van der Waals surface area (Å²) in [5.74, 6) is -2.20. The van der Waals surface area contributed by atoms with E-state index in [1.165, 1.54) is 0 Å². The maximum atomic E-state index is 13.4. The van der Waals surface area contributed by atoms with Gasteiger partial charge in [-0.05, 0) is 30.4 Å². The molecule has 0 bridgehead atoms. The van der Waals surface area contributed by atoms with Gasteiger partial charge in [0.05, 0.1) is 6.04 Å². The van der Waals surface area contributed by atoms with Crippen molar-refractivity contribution in [1.29, 1.82) is 0 Å². The summed E-state index contributed by atoms with van der Waals surface area (Å²) in [5, 5.41) is 8.07. The molecule has 3 atom stereocenters. The Morgan fingerprint density at radius 3 is 1.87 bits per heavy atom. The Morgan fingerprint density at radius 1 is 0.744 bits per heavy atom. The van der Waals surface area contributed by atoms with Crippen LogP contribution in [-0.4, -0.2) is 60.8 Å². The minimum atomic E-state index is -0.995. The third kappa shape index (κ3) is 12.1. The Bertz CT molecular complexity index is 1110. The molecular formula is C27H38N8O4. The zero-order valence-electron chi connectivity index (χ0n) is 21.8. The largest absolute Gasteiger partial charge is 0.370 e. The van der Waals surface area contributed by atoms with Crippen LogP contribution >= 0.6 is 0 Å². The van der Waals surface area contributed by atoms with Crippen LogP contribution in [0.1, 0.15) is 30.4 Å². The Hall–Kier alpha value is -4.45. The summed E-state index contributed by atoms with van der Waals surface area (Å²) in [4.78, 5) is 54.2. The van der Waals surface area contributed by atoms with E-state index >= 15 is 0 Å². The van der Waals surface area contributed by atoms with Crippen LogP contribution in [0.15, 0.2) is 65.7 Å². The van der Waals surface area contributed by atoms with Crippen molar-refractivity contribution in [2.45, 2.75) is 50.2 Å². The molecule has 0 aliphatic rings. The van der Waals surface area contributed by atoms with Crippen molar-refractivity contribution in [2.24, 2.45) is 27.9 Å². The Labute approximate surface area is 228 Å². The first-order chi connectivity index (χ1) is 18.7. The van der Waals surface area contributed by atoms with E-state index in [0.29, 0.717) is 6.42 Å². The van der Waals surface area contributed by atoms with Gasteiger partial charge in [-0.2, -0.15) is 0 Å². The van der Waals surface area contributed by atoms with Gasteiger partial charge in [0.15, 0.2) is 5.96 Å². The second-order valence-electron chi connectivity index (χ2n) is 9.06. The average Bonchev–Trinajstić information content (AvgIpc) is 2.90. The van der Waals surface area contributed by atoms with E-state index < -0.39 is 41.8 Å². The lowest BCUT2D eigenvalue weighted by molar-refractivity contribution is -0.132. The molecule has 0 radical (unpaired) electrons. The summed E-state index contributed by atoms with van der Waals surface area (Å²) >= 11 is 0. The number of amides is 4. The van der Waals surface area contributed by atoms with Crippen LogP contribution in [0.2, 0.25) is 0 Å². The lowest BCUT2D eigenvalue weighted by Gasteiger charge is -2.24. The maximum Gasteiger partial charge on any atom is 0.243 e. The minimum absolute atomic E-state index is 0.0301. The summed E-state index contributed by atoms with van der Waals surface area (Å²) in [6.45, 7) is 0.279. The monoisotopic (exact) mass is 538 g/mol. The van der Waals surface area contributed by atoms with Gasteiger partial charge in [-0.15, -0.1) is 0 Å². The number of hydrogen-bond donors (Lipinski definition) is 7. The minimum Gasteiger partial charge on any atom is -0.370 e. The Balaban J connectivity index is 2.15. The van der Waals surface area contributed by atoms with Crippen LogP contribution in [0.4, 0.5) is 0 Å². The number of carbonyl (C=O) groups excluding carboxylic acids is 4. The number of primary amides is 1. The third-order valence-corrected chi connectivity index (χ3v) is 5.80. The summed E-state index contributed by atoms with van der Waals surface area (Å²) in [5.41, 5.74) is 23.7. The molecule has 0 heterocycles. The van der Waals surface area contributed by atoms with Crippen molar-refractivity contribution < 1.29 is 19.2 Å². The summed E-state index contributed by atoms with van der Waals surface area (Å²) in [7, 11) is 0. The van der Waals surface area contributed by atoms with Crippen molar-refractivity contribution in [2.75, 3.05) is 13.1 Å². The Morgan fingerprint density at radius 2 is 1.31 bits per heavy atom. The van der Waals surface area contributed by atoms with E-state index in [0.717, 1.165) is 11.1 Å². The fraction of sp³-hybridized carbons (Fsp3) is 0.370. The van der Waals surface area contributed by atoms with Crippen molar-refractivity contribution in [1.82, 2.24) is 16.0 Å². The molecule has 0 saturated carbocycles. The molecule has 2 aromatic rings. The van der Waals surface area contributed by atoms with Gasteiger partial charge in [0, 0.05) is 25.9 Å². The first-order valence-corrected chi connectivity index (χ1v) is 12.7. The highest BCUT2D eigenvalue weighted by atomic mass is 16.2. The van der Waals surface area contributed by atoms with Crippen molar-refractivity contribution in [3.8, 4) is 0 Å². The molecule has 12 nitrogen and oxygen atoms in total. The van der Waals surface area contributed by atoms with Crippen molar-refractivity contribution >= 4 is 29.6 Å². The molecule has 0 aliphatic heterocycles. The standard InChI is InChI=1S/C27H38N8O4/c28-20(16-18-8-3-1-4-9-18)24(37)34-21(12-7-14-33-27(30)31)26(39)35-22(17-19-10-5-2-6-11-19)25(38)32-15-13-23(29)36/h1-6,8-11,20-22H,7,12-17,28H2,(H2,29,36)(H,32,38)(H,34,37)(H,35,39)(H4,30,31,33)/t20-,21+,22-/m0/s1. The van der Waals surface area contributed by atoms with Crippen molar-refractivity contribution in [3.63, 3.8) is 0 Å². The van der Waals surface area contributed by atoms with E-state index in [1.54, 1.807) is 0 Å². The number of hydrogen-bond acceptors (Lipinski definition) is 6. The fourth-order valence-electron chi connectivity index (χ4n) is 3.78. The lowest BCUT2D eigenvalue weighted by Crippen LogP contribution is -2.56. The highest BCUT2D eigenvalue weighted by Crippen LogP contribution is 2.07. The zero-order valence-corrected chi connectivity index (χ0v) is 21.8. The van der Waals surface area contributed by atoms with Gasteiger partial charge in [-0.1, -0.05) is 60.7 Å². The number of nitrogens with one attached hydrogen (secondary N) is 3. The average molecular weight is 539 g/mol. The molecule has 39 heavy (non-hydrogen) atoms. The number of rotatable bonds is 16. The highest BCUT2D eigenvalue weighted by molar-refractivity contribution is 5.93. The van der Waals surface area contributed by atoms with Crippen LogP contribution in [-0.2, 0) is 32.0 Å². The third-order valence-electron chi connectivity index (χ3n) is 5.80.